The molecule has 0 aromatic heterocycles. The topological polar surface area (TPSA) is 78.9 Å². The van der Waals surface area contributed by atoms with Gasteiger partial charge in [0.2, 0.25) is 0 Å². The molecule has 126 valence electrons. The standard InChI is InChI=1S/C15H12Br2N2O4S/c1-3-4-19-14(22)8(13(21)18-15(19)24)5-7-6-9(23-2)12(20)11(17)10(7)16/h3,5-6,20H,1,4H2,2H3,(H,18,21,24)/b8-5+. The molecular weight excluding hydrogens is 464 g/mol. The van der Waals surface area contributed by atoms with E-state index in [-0.39, 0.29) is 28.7 Å². The minimum atomic E-state index is -0.597. The average Bonchev–Trinajstić information content (AvgIpc) is 2.55. The third kappa shape index (κ3) is 3.38. The van der Waals surface area contributed by atoms with E-state index in [0.717, 1.165) is 0 Å². The van der Waals surface area contributed by atoms with Gasteiger partial charge in [-0.3, -0.25) is 19.8 Å². The summed E-state index contributed by atoms with van der Waals surface area (Å²) in [6.45, 7) is 3.75. The maximum Gasteiger partial charge on any atom is 0.265 e. The van der Waals surface area contributed by atoms with Gasteiger partial charge in [0.1, 0.15) is 5.57 Å². The fraction of sp³-hybridized carbons (Fsp3) is 0.133. The maximum atomic E-state index is 12.5. The van der Waals surface area contributed by atoms with Crippen molar-refractivity contribution in [2.75, 3.05) is 13.7 Å². The first kappa shape index (κ1) is 18.6. The van der Waals surface area contributed by atoms with Crippen LogP contribution in [0.1, 0.15) is 5.56 Å². The van der Waals surface area contributed by atoms with Crippen molar-refractivity contribution in [2.45, 2.75) is 0 Å². The van der Waals surface area contributed by atoms with E-state index in [1.54, 1.807) is 0 Å². The van der Waals surface area contributed by atoms with E-state index in [4.69, 9.17) is 17.0 Å². The number of nitrogens with zero attached hydrogens (tertiary/aromatic N) is 1. The van der Waals surface area contributed by atoms with E-state index in [1.165, 1.54) is 30.2 Å². The summed E-state index contributed by atoms with van der Waals surface area (Å²) in [5.41, 5.74) is 0.382. The molecule has 1 heterocycles. The van der Waals surface area contributed by atoms with E-state index < -0.39 is 11.8 Å². The van der Waals surface area contributed by atoms with Crippen molar-refractivity contribution in [3.8, 4) is 11.5 Å². The SMILES string of the molecule is C=CCN1C(=O)/C(=C/c2cc(OC)c(O)c(Br)c2Br)C(=O)NC1=S. The first-order chi connectivity index (χ1) is 11.3. The highest BCUT2D eigenvalue weighted by Crippen LogP contribution is 2.42. The Morgan fingerprint density at radius 1 is 1.42 bits per heavy atom. The van der Waals surface area contributed by atoms with Gasteiger partial charge in [0.05, 0.1) is 11.6 Å². The first-order valence-electron chi connectivity index (χ1n) is 6.56. The van der Waals surface area contributed by atoms with Gasteiger partial charge < -0.3 is 9.84 Å². The van der Waals surface area contributed by atoms with Gasteiger partial charge in [0.15, 0.2) is 16.6 Å². The molecule has 2 N–H and O–H groups in total. The van der Waals surface area contributed by atoms with Crippen LogP contribution in [0.2, 0.25) is 0 Å². The number of halogens is 2. The highest BCUT2D eigenvalue weighted by atomic mass is 79.9. The lowest BCUT2D eigenvalue weighted by molar-refractivity contribution is -0.128. The molecule has 6 nitrogen and oxygen atoms in total. The molecule has 1 aromatic carbocycles. The van der Waals surface area contributed by atoms with Crippen LogP contribution in [0.5, 0.6) is 11.5 Å². The Kier molecular flexibility index (Phi) is 5.79. The normalized spacial score (nSPS) is 16.4. The van der Waals surface area contributed by atoms with E-state index in [1.807, 2.05) is 0 Å². The first-order valence-corrected chi connectivity index (χ1v) is 8.56. The summed E-state index contributed by atoms with van der Waals surface area (Å²) in [6, 6.07) is 1.50. The molecule has 0 saturated carbocycles. The van der Waals surface area contributed by atoms with Crippen molar-refractivity contribution in [1.82, 2.24) is 10.2 Å². The van der Waals surface area contributed by atoms with E-state index in [2.05, 4.69) is 43.8 Å². The number of phenolic OH excluding ortho intramolecular Hbond substituents is 1. The Morgan fingerprint density at radius 2 is 2.08 bits per heavy atom. The summed E-state index contributed by atoms with van der Waals surface area (Å²) in [4.78, 5) is 25.9. The number of aromatic hydroxyl groups is 1. The van der Waals surface area contributed by atoms with Crippen molar-refractivity contribution in [1.29, 1.82) is 0 Å². The number of amides is 2. The summed E-state index contributed by atoms with van der Waals surface area (Å²) in [6.07, 6.45) is 2.90. The number of phenols is 1. The molecule has 0 spiro atoms. The summed E-state index contributed by atoms with van der Waals surface area (Å²) in [5.74, 6) is -1.03. The predicted molar refractivity (Wildman–Crippen MR) is 101 cm³/mol. The molecular formula is C15H12Br2N2O4S. The molecule has 2 amide bonds. The fourth-order valence-electron chi connectivity index (χ4n) is 2.02. The van der Waals surface area contributed by atoms with E-state index in [0.29, 0.717) is 14.5 Å². The van der Waals surface area contributed by atoms with Gasteiger partial charge in [-0.1, -0.05) is 6.08 Å². The Hall–Kier alpha value is -1.71. The van der Waals surface area contributed by atoms with E-state index >= 15 is 0 Å². The van der Waals surface area contributed by atoms with Gasteiger partial charge in [0, 0.05) is 11.0 Å². The van der Waals surface area contributed by atoms with Crippen LogP contribution in [0.4, 0.5) is 0 Å². The second-order valence-electron chi connectivity index (χ2n) is 4.67. The molecule has 0 radical (unpaired) electrons. The van der Waals surface area contributed by atoms with Crippen molar-refractivity contribution in [3.63, 3.8) is 0 Å². The minimum Gasteiger partial charge on any atom is -0.503 e. The molecule has 1 aromatic rings. The number of carbonyl (C=O) groups excluding carboxylic acids is 2. The number of hydrogen-bond acceptors (Lipinski definition) is 5. The molecule has 1 aliphatic heterocycles. The number of rotatable bonds is 4. The fourth-order valence-corrected chi connectivity index (χ4v) is 3.11. The van der Waals surface area contributed by atoms with E-state index in [9.17, 15) is 14.7 Å². The molecule has 0 unspecified atom stereocenters. The van der Waals surface area contributed by atoms with Gasteiger partial charge >= 0.3 is 0 Å². The average molecular weight is 476 g/mol. The third-order valence-corrected chi connectivity index (χ3v) is 5.67. The highest BCUT2D eigenvalue weighted by molar-refractivity contribution is 9.13. The number of thiocarbonyl (C=S) groups is 1. The molecule has 0 aliphatic carbocycles. The molecule has 9 heteroatoms. The van der Waals surface area contributed by atoms with Gasteiger partial charge in [-0.25, -0.2) is 0 Å². The number of ether oxygens (including phenoxy) is 1. The van der Waals surface area contributed by atoms with Crippen molar-refractivity contribution in [2.24, 2.45) is 0 Å². The number of benzene rings is 1. The van der Waals surface area contributed by atoms with Crippen molar-refractivity contribution < 1.29 is 19.4 Å². The van der Waals surface area contributed by atoms with Crippen LogP contribution in [0.25, 0.3) is 6.08 Å². The molecule has 1 fully saturated rings. The number of methoxy groups -OCH3 is 1. The molecule has 24 heavy (non-hydrogen) atoms. The second kappa shape index (κ2) is 7.45. The third-order valence-electron chi connectivity index (χ3n) is 3.19. The lowest BCUT2D eigenvalue weighted by Crippen LogP contribution is -2.53. The smallest absolute Gasteiger partial charge is 0.265 e. The Morgan fingerprint density at radius 3 is 2.67 bits per heavy atom. The predicted octanol–water partition coefficient (Wildman–Crippen LogP) is 2.74. The van der Waals surface area contributed by atoms with Gasteiger partial charge in [-0.15, -0.1) is 6.58 Å². The number of hydrogen-bond donors (Lipinski definition) is 2. The van der Waals surface area contributed by atoms with Crippen LogP contribution < -0.4 is 10.1 Å². The van der Waals surface area contributed by atoms with Crippen LogP contribution in [0.3, 0.4) is 0 Å². The molecule has 1 saturated heterocycles. The van der Waals surface area contributed by atoms with Crippen LogP contribution in [-0.2, 0) is 9.59 Å². The molecule has 2 rings (SSSR count). The lowest BCUT2D eigenvalue weighted by atomic mass is 10.1. The van der Waals surface area contributed by atoms with Crippen molar-refractivity contribution in [3.05, 3.63) is 38.8 Å². The highest BCUT2D eigenvalue weighted by Gasteiger charge is 2.33. The van der Waals surface area contributed by atoms with Gasteiger partial charge in [0.25, 0.3) is 11.8 Å². The van der Waals surface area contributed by atoms with Gasteiger partial charge in [-0.05, 0) is 61.8 Å². The molecule has 0 atom stereocenters. The Bertz CT molecular complexity index is 792. The second-order valence-corrected chi connectivity index (χ2v) is 6.64. The zero-order valence-electron chi connectivity index (χ0n) is 12.4. The van der Waals surface area contributed by atoms with Crippen LogP contribution in [0, 0.1) is 0 Å². The summed E-state index contributed by atoms with van der Waals surface area (Å²) in [5, 5.41) is 12.5. The van der Waals surface area contributed by atoms with Crippen LogP contribution >= 0.6 is 44.1 Å². The maximum absolute atomic E-state index is 12.5. The molecule has 0 bridgehead atoms. The largest absolute Gasteiger partial charge is 0.503 e. The lowest BCUT2D eigenvalue weighted by Gasteiger charge is -2.27. The van der Waals surface area contributed by atoms with Gasteiger partial charge in [-0.2, -0.15) is 0 Å². The zero-order valence-corrected chi connectivity index (χ0v) is 16.4. The quantitative estimate of drug-likeness (QED) is 0.303. The Labute approximate surface area is 160 Å². The monoisotopic (exact) mass is 474 g/mol. The number of nitrogens with one attached hydrogen (secondary N) is 1. The van der Waals surface area contributed by atoms with Crippen molar-refractivity contribution >= 4 is 67.1 Å². The van der Waals surface area contributed by atoms with Crippen LogP contribution in [0.15, 0.2) is 33.2 Å². The molecule has 1 aliphatic rings. The summed E-state index contributed by atoms with van der Waals surface area (Å²) < 4.78 is 5.89. The van der Waals surface area contributed by atoms with Crippen LogP contribution in [-0.4, -0.2) is 40.6 Å². The number of carbonyl (C=O) groups is 2. The minimum absolute atomic E-state index is 0.0329. The summed E-state index contributed by atoms with van der Waals surface area (Å²) in [7, 11) is 1.40. The summed E-state index contributed by atoms with van der Waals surface area (Å²) >= 11 is 11.5. The zero-order chi connectivity index (χ0) is 18.0. The Balaban J connectivity index is 2.55.